The highest BCUT2D eigenvalue weighted by Gasteiger charge is 2.29. The Morgan fingerprint density at radius 1 is 1.39 bits per heavy atom. The molecule has 2 rings (SSSR count). The SMILES string of the molecule is O=C(COC(=O)Cc1c(F)cccc1Cl)N[C@@H]1CCS(=O)(=O)C1. The van der Waals surface area contributed by atoms with Gasteiger partial charge in [0.2, 0.25) is 0 Å². The summed E-state index contributed by atoms with van der Waals surface area (Å²) in [5.41, 5.74) is 0.00135. The first-order valence-corrected chi connectivity index (χ1v) is 9.05. The third-order valence-corrected chi connectivity index (χ3v) is 5.47. The zero-order valence-electron chi connectivity index (χ0n) is 12.1. The van der Waals surface area contributed by atoms with Crippen molar-refractivity contribution >= 4 is 33.3 Å². The van der Waals surface area contributed by atoms with Crippen LogP contribution in [0.2, 0.25) is 5.02 Å². The second kappa shape index (κ2) is 7.27. The van der Waals surface area contributed by atoms with Crippen LogP contribution < -0.4 is 5.32 Å². The molecule has 126 valence electrons. The van der Waals surface area contributed by atoms with Crippen LogP contribution in [-0.2, 0) is 30.6 Å². The summed E-state index contributed by atoms with van der Waals surface area (Å²) in [5.74, 6) is -2.11. The Balaban J connectivity index is 1.79. The van der Waals surface area contributed by atoms with Gasteiger partial charge in [-0.2, -0.15) is 0 Å². The van der Waals surface area contributed by atoms with Crippen molar-refractivity contribution in [1.29, 1.82) is 0 Å². The minimum absolute atomic E-state index is 0.00135. The number of carbonyl (C=O) groups excluding carboxylic acids is 2. The average Bonchev–Trinajstić information content (AvgIpc) is 2.80. The van der Waals surface area contributed by atoms with Crippen molar-refractivity contribution in [3.05, 3.63) is 34.6 Å². The highest BCUT2D eigenvalue weighted by molar-refractivity contribution is 7.91. The van der Waals surface area contributed by atoms with Crippen molar-refractivity contribution in [2.24, 2.45) is 0 Å². The quantitative estimate of drug-likeness (QED) is 0.784. The summed E-state index contributed by atoms with van der Waals surface area (Å²) in [6.07, 6.45) is -0.0521. The van der Waals surface area contributed by atoms with Gasteiger partial charge in [-0.25, -0.2) is 12.8 Å². The zero-order chi connectivity index (χ0) is 17.0. The van der Waals surface area contributed by atoms with Crippen LogP contribution in [0.15, 0.2) is 18.2 Å². The molecule has 1 aromatic carbocycles. The molecule has 0 aromatic heterocycles. The topological polar surface area (TPSA) is 89.5 Å². The summed E-state index contributed by atoms with van der Waals surface area (Å²) >= 11 is 5.79. The van der Waals surface area contributed by atoms with Crippen LogP contribution in [0, 0.1) is 5.82 Å². The molecule has 0 spiro atoms. The molecule has 1 amide bonds. The molecule has 1 aliphatic rings. The van der Waals surface area contributed by atoms with Gasteiger partial charge in [0.05, 0.1) is 17.9 Å². The molecule has 0 radical (unpaired) electrons. The number of amides is 1. The first kappa shape index (κ1) is 17.7. The Bertz CT molecular complexity index is 702. The molecule has 0 unspecified atom stereocenters. The minimum Gasteiger partial charge on any atom is -0.455 e. The molecule has 1 heterocycles. The van der Waals surface area contributed by atoms with E-state index < -0.39 is 46.6 Å². The van der Waals surface area contributed by atoms with Gasteiger partial charge in [0.25, 0.3) is 5.91 Å². The van der Waals surface area contributed by atoms with Crippen LogP contribution >= 0.6 is 11.6 Å². The fourth-order valence-corrected chi connectivity index (χ4v) is 4.12. The molecular formula is C14H15ClFNO5S. The summed E-state index contributed by atoms with van der Waals surface area (Å²) in [6.45, 7) is -0.554. The number of hydrogen-bond acceptors (Lipinski definition) is 5. The molecule has 9 heteroatoms. The number of esters is 1. The van der Waals surface area contributed by atoms with Crippen molar-refractivity contribution < 1.29 is 27.1 Å². The molecule has 1 fully saturated rings. The summed E-state index contributed by atoms with van der Waals surface area (Å²) in [6, 6.07) is 3.56. The van der Waals surface area contributed by atoms with Gasteiger partial charge in [0, 0.05) is 16.6 Å². The molecule has 6 nitrogen and oxygen atoms in total. The van der Waals surface area contributed by atoms with E-state index in [2.05, 4.69) is 5.32 Å². The summed E-state index contributed by atoms with van der Waals surface area (Å²) in [4.78, 5) is 23.3. The number of ether oxygens (including phenoxy) is 1. The lowest BCUT2D eigenvalue weighted by atomic mass is 10.1. The lowest BCUT2D eigenvalue weighted by molar-refractivity contribution is -0.148. The third kappa shape index (κ3) is 5.18. The van der Waals surface area contributed by atoms with E-state index in [1.54, 1.807) is 0 Å². The molecule has 1 aliphatic heterocycles. The van der Waals surface area contributed by atoms with Crippen LogP contribution in [0.3, 0.4) is 0 Å². The van der Waals surface area contributed by atoms with Crippen LogP contribution in [0.4, 0.5) is 4.39 Å². The van der Waals surface area contributed by atoms with Crippen LogP contribution in [0.25, 0.3) is 0 Å². The van der Waals surface area contributed by atoms with E-state index in [9.17, 15) is 22.4 Å². The fourth-order valence-electron chi connectivity index (χ4n) is 2.22. The number of carbonyl (C=O) groups is 2. The van der Waals surface area contributed by atoms with E-state index in [0.717, 1.165) is 0 Å². The predicted octanol–water partition coefficient (Wildman–Crippen LogP) is 0.868. The van der Waals surface area contributed by atoms with Crippen LogP contribution in [0.5, 0.6) is 0 Å². The zero-order valence-corrected chi connectivity index (χ0v) is 13.6. The monoisotopic (exact) mass is 363 g/mol. The Morgan fingerprint density at radius 3 is 2.74 bits per heavy atom. The maximum Gasteiger partial charge on any atom is 0.310 e. The maximum atomic E-state index is 13.5. The van der Waals surface area contributed by atoms with Crippen LogP contribution in [-0.4, -0.2) is 44.4 Å². The molecule has 1 N–H and O–H groups in total. The van der Waals surface area contributed by atoms with E-state index in [1.807, 2.05) is 0 Å². The van der Waals surface area contributed by atoms with Crippen molar-refractivity contribution in [2.75, 3.05) is 18.1 Å². The van der Waals surface area contributed by atoms with Crippen molar-refractivity contribution in [3.8, 4) is 0 Å². The molecule has 0 aliphatic carbocycles. The number of benzene rings is 1. The summed E-state index contributed by atoms with van der Waals surface area (Å²) in [5, 5.41) is 2.58. The summed E-state index contributed by atoms with van der Waals surface area (Å²) < 4.78 is 40.8. The number of hydrogen-bond donors (Lipinski definition) is 1. The second-order valence-corrected chi connectivity index (χ2v) is 7.84. The largest absolute Gasteiger partial charge is 0.455 e. The number of nitrogens with one attached hydrogen (secondary N) is 1. The van der Waals surface area contributed by atoms with Gasteiger partial charge in [-0.15, -0.1) is 0 Å². The average molecular weight is 364 g/mol. The van der Waals surface area contributed by atoms with Gasteiger partial charge in [0.15, 0.2) is 16.4 Å². The number of halogens is 2. The van der Waals surface area contributed by atoms with Crippen molar-refractivity contribution in [1.82, 2.24) is 5.32 Å². The molecular weight excluding hydrogens is 349 g/mol. The smallest absolute Gasteiger partial charge is 0.310 e. The Labute approximate surface area is 137 Å². The molecule has 1 atom stereocenters. The van der Waals surface area contributed by atoms with Crippen molar-refractivity contribution in [2.45, 2.75) is 18.9 Å². The first-order valence-electron chi connectivity index (χ1n) is 6.85. The predicted molar refractivity (Wildman–Crippen MR) is 81.3 cm³/mol. The third-order valence-electron chi connectivity index (χ3n) is 3.34. The lowest BCUT2D eigenvalue weighted by Crippen LogP contribution is -2.38. The molecule has 1 saturated heterocycles. The van der Waals surface area contributed by atoms with Gasteiger partial charge in [-0.3, -0.25) is 9.59 Å². The van der Waals surface area contributed by atoms with Crippen molar-refractivity contribution in [3.63, 3.8) is 0 Å². The van der Waals surface area contributed by atoms with E-state index in [-0.39, 0.29) is 22.1 Å². The van der Waals surface area contributed by atoms with Gasteiger partial charge in [0.1, 0.15) is 5.82 Å². The molecule has 1 aromatic rings. The normalized spacial score (nSPS) is 19.3. The molecule has 0 bridgehead atoms. The van der Waals surface area contributed by atoms with Gasteiger partial charge >= 0.3 is 5.97 Å². The number of rotatable bonds is 5. The van der Waals surface area contributed by atoms with Gasteiger partial charge in [-0.05, 0) is 18.6 Å². The second-order valence-electron chi connectivity index (χ2n) is 5.21. The Morgan fingerprint density at radius 2 is 2.13 bits per heavy atom. The van der Waals surface area contributed by atoms with E-state index >= 15 is 0 Å². The van der Waals surface area contributed by atoms with E-state index in [4.69, 9.17) is 16.3 Å². The number of sulfone groups is 1. The lowest BCUT2D eigenvalue weighted by Gasteiger charge is -2.11. The van der Waals surface area contributed by atoms with Gasteiger partial charge < -0.3 is 10.1 Å². The Kier molecular flexibility index (Phi) is 5.59. The van der Waals surface area contributed by atoms with E-state index in [0.29, 0.717) is 6.42 Å². The van der Waals surface area contributed by atoms with E-state index in [1.165, 1.54) is 18.2 Å². The molecule has 0 saturated carbocycles. The molecule has 23 heavy (non-hydrogen) atoms. The Hall–Kier alpha value is -1.67. The highest BCUT2D eigenvalue weighted by atomic mass is 35.5. The first-order chi connectivity index (χ1) is 10.8. The minimum atomic E-state index is -3.10. The fraction of sp³-hybridized carbons (Fsp3) is 0.429. The maximum absolute atomic E-state index is 13.5. The highest BCUT2D eigenvalue weighted by Crippen LogP contribution is 2.19. The summed E-state index contributed by atoms with van der Waals surface area (Å²) in [7, 11) is -3.10. The van der Waals surface area contributed by atoms with Gasteiger partial charge in [-0.1, -0.05) is 17.7 Å². The van der Waals surface area contributed by atoms with Crippen LogP contribution in [0.1, 0.15) is 12.0 Å². The standard InChI is InChI=1S/C14H15ClFNO5S/c15-11-2-1-3-12(16)10(11)6-14(19)22-7-13(18)17-9-4-5-23(20,21)8-9/h1-3,9H,4-8H2,(H,17,18)/t9-/m1/s1.